The van der Waals surface area contributed by atoms with Crippen LogP contribution in [0.15, 0.2) is 30.7 Å². The van der Waals surface area contributed by atoms with Crippen molar-refractivity contribution in [1.29, 1.82) is 0 Å². The van der Waals surface area contributed by atoms with Gasteiger partial charge in [0.15, 0.2) is 11.8 Å². The highest BCUT2D eigenvalue weighted by atomic mass is 19.4. The lowest BCUT2D eigenvalue weighted by Crippen LogP contribution is -2.36. The Bertz CT molecular complexity index is 1500. The summed E-state index contributed by atoms with van der Waals surface area (Å²) >= 11 is 0. The number of fused-ring (bicyclic) bond motifs is 1. The van der Waals surface area contributed by atoms with Gasteiger partial charge in [-0.05, 0) is 6.07 Å². The molecule has 0 radical (unpaired) electrons. The maximum Gasteiger partial charge on any atom is 0.451 e. The van der Waals surface area contributed by atoms with Crippen LogP contribution in [0.3, 0.4) is 0 Å². The van der Waals surface area contributed by atoms with Gasteiger partial charge in [-0.2, -0.15) is 37.1 Å². The molecule has 38 heavy (non-hydrogen) atoms. The number of hydrogen-bond acceptors (Lipinski definition) is 10. The molecule has 1 aliphatic rings. The van der Waals surface area contributed by atoms with Crippen LogP contribution >= 0.6 is 0 Å². The second kappa shape index (κ2) is 9.14. The smallest absolute Gasteiger partial charge is 0.451 e. The number of halogens is 6. The number of imidazole rings is 1. The maximum absolute atomic E-state index is 15.0. The van der Waals surface area contributed by atoms with E-state index in [1.54, 1.807) is 0 Å². The fraction of sp³-hybridized carbons (Fsp3) is 0.333. The van der Waals surface area contributed by atoms with Gasteiger partial charge < -0.3 is 19.1 Å². The van der Waals surface area contributed by atoms with Gasteiger partial charge in [0.25, 0.3) is 0 Å². The number of alkyl halides is 5. The third-order valence-corrected chi connectivity index (χ3v) is 5.54. The van der Waals surface area contributed by atoms with Gasteiger partial charge in [-0.15, -0.1) is 0 Å². The first-order valence-electron chi connectivity index (χ1n) is 10.7. The van der Waals surface area contributed by atoms with Crippen LogP contribution in [-0.2, 0) is 6.18 Å². The summed E-state index contributed by atoms with van der Waals surface area (Å²) < 4.78 is 99.5. The van der Waals surface area contributed by atoms with Crippen LogP contribution in [0.2, 0.25) is 0 Å². The van der Waals surface area contributed by atoms with Crippen molar-refractivity contribution in [3.8, 4) is 29.0 Å². The van der Waals surface area contributed by atoms with Crippen LogP contribution in [-0.4, -0.2) is 73.9 Å². The van der Waals surface area contributed by atoms with Crippen LogP contribution in [0.1, 0.15) is 5.82 Å². The van der Waals surface area contributed by atoms with Crippen molar-refractivity contribution in [2.45, 2.75) is 18.2 Å². The predicted molar refractivity (Wildman–Crippen MR) is 116 cm³/mol. The van der Waals surface area contributed by atoms with Crippen molar-refractivity contribution in [2.75, 3.05) is 32.2 Å². The van der Waals surface area contributed by atoms with Crippen molar-refractivity contribution >= 4 is 11.3 Å². The molecule has 0 N–H and O–H groups in total. The first-order chi connectivity index (χ1) is 18.0. The number of aromatic nitrogens is 7. The maximum atomic E-state index is 15.0. The van der Waals surface area contributed by atoms with Gasteiger partial charge >= 0.3 is 18.1 Å². The minimum absolute atomic E-state index is 0.0155. The standard InChI is InChI=1S/C21H16F6N8O3/c1-36-17-10(6-30-19(32-17)37-2)11-5-12(16-29-7-14(22)35(16)33-11)34-8-13(20(23,24)9-34)38-15-3-4-28-18(31-15)21(25,26)27/h3-7,13H,8-9H2,1-2H3. The molecule has 4 aromatic rings. The second-order valence-electron chi connectivity index (χ2n) is 7.98. The summed E-state index contributed by atoms with van der Waals surface area (Å²) in [5.74, 6) is -6.60. The van der Waals surface area contributed by atoms with Crippen molar-refractivity contribution in [3.05, 3.63) is 42.5 Å². The molecular weight excluding hydrogens is 526 g/mol. The Morgan fingerprint density at radius 2 is 1.84 bits per heavy atom. The van der Waals surface area contributed by atoms with Gasteiger partial charge in [0.1, 0.15) is 5.69 Å². The van der Waals surface area contributed by atoms with E-state index in [2.05, 4.69) is 30.0 Å². The molecule has 0 amide bonds. The zero-order valence-electron chi connectivity index (χ0n) is 19.4. The van der Waals surface area contributed by atoms with E-state index in [1.807, 2.05) is 0 Å². The molecule has 5 rings (SSSR count). The normalized spacial score (nSPS) is 17.2. The largest absolute Gasteiger partial charge is 0.480 e. The van der Waals surface area contributed by atoms with E-state index < -0.39 is 48.9 Å². The molecule has 1 unspecified atom stereocenters. The van der Waals surface area contributed by atoms with E-state index in [1.165, 1.54) is 26.5 Å². The lowest BCUT2D eigenvalue weighted by atomic mass is 10.2. The molecule has 200 valence electrons. The molecule has 1 fully saturated rings. The Kier molecular flexibility index (Phi) is 6.07. The van der Waals surface area contributed by atoms with E-state index in [4.69, 9.17) is 14.2 Å². The number of ether oxygens (including phenoxy) is 3. The predicted octanol–water partition coefficient (Wildman–Crippen LogP) is 3.05. The Morgan fingerprint density at radius 3 is 2.55 bits per heavy atom. The van der Waals surface area contributed by atoms with Crippen LogP contribution < -0.4 is 19.1 Å². The topological polar surface area (TPSA) is 113 Å². The molecular formula is C21H16F6N8O3. The van der Waals surface area contributed by atoms with E-state index in [0.717, 1.165) is 27.9 Å². The zero-order chi connectivity index (χ0) is 27.2. The van der Waals surface area contributed by atoms with Gasteiger partial charge in [-0.3, -0.25) is 0 Å². The SMILES string of the molecule is COc1ncc(-c2cc(N3CC(Oc4ccnc(C(F)(F)F)n4)C(F)(F)C3)c3ncc(F)n3n2)c(OC)n1. The van der Waals surface area contributed by atoms with Gasteiger partial charge in [0.05, 0.1) is 44.8 Å². The van der Waals surface area contributed by atoms with E-state index in [9.17, 15) is 26.3 Å². The molecule has 4 aromatic heterocycles. The van der Waals surface area contributed by atoms with Crippen LogP contribution in [0.5, 0.6) is 17.8 Å². The first kappa shape index (κ1) is 25.2. The average molecular weight is 542 g/mol. The van der Waals surface area contributed by atoms with Crippen molar-refractivity contribution in [2.24, 2.45) is 0 Å². The highest BCUT2D eigenvalue weighted by Crippen LogP contribution is 2.38. The van der Waals surface area contributed by atoms with Gasteiger partial charge in [0, 0.05) is 18.5 Å². The fourth-order valence-electron chi connectivity index (χ4n) is 3.82. The quantitative estimate of drug-likeness (QED) is 0.337. The fourth-order valence-corrected chi connectivity index (χ4v) is 3.82. The van der Waals surface area contributed by atoms with Crippen LogP contribution in [0.4, 0.5) is 32.0 Å². The number of hydrogen-bond donors (Lipinski definition) is 0. The number of methoxy groups -OCH3 is 2. The third-order valence-electron chi connectivity index (χ3n) is 5.54. The Hall–Kier alpha value is -4.44. The summed E-state index contributed by atoms with van der Waals surface area (Å²) in [6.07, 6.45) is -3.87. The molecule has 11 nitrogen and oxygen atoms in total. The lowest BCUT2D eigenvalue weighted by Gasteiger charge is -2.19. The minimum Gasteiger partial charge on any atom is -0.480 e. The van der Waals surface area contributed by atoms with Crippen LogP contribution in [0.25, 0.3) is 16.9 Å². The monoisotopic (exact) mass is 542 g/mol. The summed E-state index contributed by atoms with van der Waals surface area (Å²) in [4.78, 5) is 19.4. The summed E-state index contributed by atoms with van der Waals surface area (Å²) in [5, 5.41) is 4.17. The van der Waals surface area contributed by atoms with Gasteiger partial charge in [-0.25, -0.2) is 23.7 Å². The molecule has 0 spiro atoms. The van der Waals surface area contributed by atoms with E-state index >= 15 is 0 Å². The molecule has 0 aliphatic carbocycles. The Labute approximate surface area is 209 Å². The van der Waals surface area contributed by atoms with Crippen molar-refractivity contribution in [3.63, 3.8) is 0 Å². The van der Waals surface area contributed by atoms with Crippen molar-refractivity contribution < 1.29 is 40.6 Å². The molecule has 17 heteroatoms. The highest BCUT2D eigenvalue weighted by molar-refractivity contribution is 5.76. The number of nitrogens with zero attached hydrogens (tertiary/aromatic N) is 8. The molecule has 0 saturated carbocycles. The average Bonchev–Trinajstić information content (AvgIpc) is 3.41. The molecule has 1 atom stereocenters. The molecule has 0 bridgehead atoms. The lowest BCUT2D eigenvalue weighted by molar-refractivity contribution is -0.145. The summed E-state index contributed by atoms with van der Waals surface area (Å²) in [6.45, 7) is -1.42. The van der Waals surface area contributed by atoms with Gasteiger partial charge in [-0.1, -0.05) is 0 Å². The molecule has 0 aromatic carbocycles. The molecule has 1 aliphatic heterocycles. The summed E-state index contributed by atoms with van der Waals surface area (Å²) in [5.41, 5.74) is 0.213. The zero-order valence-corrected chi connectivity index (χ0v) is 19.4. The van der Waals surface area contributed by atoms with Gasteiger partial charge in [0.2, 0.25) is 23.5 Å². The summed E-state index contributed by atoms with van der Waals surface area (Å²) in [7, 11) is 2.66. The second-order valence-corrected chi connectivity index (χ2v) is 7.98. The summed E-state index contributed by atoms with van der Waals surface area (Å²) in [6, 6.07) is 2.29. The van der Waals surface area contributed by atoms with Crippen molar-refractivity contribution in [1.82, 2.24) is 34.5 Å². The van der Waals surface area contributed by atoms with E-state index in [0.29, 0.717) is 0 Å². The van der Waals surface area contributed by atoms with Crippen LogP contribution in [0, 0.1) is 5.95 Å². The molecule has 1 saturated heterocycles. The molecule has 5 heterocycles. The first-order valence-corrected chi connectivity index (χ1v) is 10.7. The Balaban J connectivity index is 1.52. The highest BCUT2D eigenvalue weighted by Gasteiger charge is 2.51. The third kappa shape index (κ3) is 4.54. The number of rotatable bonds is 6. The van der Waals surface area contributed by atoms with E-state index in [-0.39, 0.29) is 34.5 Å². The Morgan fingerprint density at radius 1 is 1.05 bits per heavy atom. The minimum atomic E-state index is -4.89. The number of anilines is 1.